The normalized spacial score (nSPS) is 50.3. The largest absolute Gasteiger partial charge is 0.411 e. The fraction of sp³-hybridized carbons (Fsp3) is 0.900. The van der Waals surface area contributed by atoms with Crippen molar-refractivity contribution in [3.05, 3.63) is 0 Å². The van der Waals surface area contributed by atoms with Crippen molar-refractivity contribution in [3.8, 4) is 0 Å². The van der Waals surface area contributed by atoms with E-state index >= 15 is 0 Å². The maximum Gasteiger partial charge on any atom is 0.106 e. The van der Waals surface area contributed by atoms with E-state index in [1.54, 1.807) is 6.92 Å². The summed E-state index contributed by atoms with van der Waals surface area (Å²) in [5.74, 6) is 0.841. The fourth-order valence-electron chi connectivity index (χ4n) is 3.10. The predicted molar refractivity (Wildman–Crippen MR) is 49.8 cm³/mol. The van der Waals surface area contributed by atoms with Gasteiger partial charge in [-0.25, -0.2) is 0 Å². The summed E-state index contributed by atoms with van der Waals surface area (Å²) in [5, 5.41) is 22.2. The van der Waals surface area contributed by atoms with E-state index in [-0.39, 0.29) is 11.3 Å². The van der Waals surface area contributed by atoms with E-state index in [9.17, 15) is 5.11 Å². The molecule has 0 aromatic heterocycles. The number of hydrogen-bond donors (Lipinski definition) is 2. The Kier molecular flexibility index (Phi) is 1.57. The molecule has 2 N–H and O–H groups in total. The van der Waals surface area contributed by atoms with E-state index in [4.69, 9.17) is 5.21 Å². The lowest BCUT2D eigenvalue weighted by molar-refractivity contribution is -0.135. The van der Waals surface area contributed by atoms with Crippen LogP contribution in [0.5, 0.6) is 0 Å². The van der Waals surface area contributed by atoms with E-state index in [1.807, 2.05) is 0 Å². The van der Waals surface area contributed by atoms with Gasteiger partial charge in [0.1, 0.15) is 5.60 Å². The monoisotopic (exact) mass is 183 g/mol. The van der Waals surface area contributed by atoms with Gasteiger partial charge in [0, 0.05) is 0 Å². The second kappa shape index (κ2) is 2.27. The molecule has 3 saturated carbocycles. The highest BCUT2D eigenvalue weighted by molar-refractivity contribution is 5.94. The second-order valence-corrected chi connectivity index (χ2v) is 5.20. The van der Waals surface area contributed by atoms with E-state index in [0.717, 1.165) is 12.8 Å². The van der Waals surface area contributed by atoms with Gasteiger partial charge in [0.15, 0.2) is 0 Å². The minimum atomic E-state index is -0.896. The van der Waals surface area contributed by atoms with Crippen molar-refractivity contribution in [2.75, 3.05) is 0 Å². The van der Waals surface area contributed by atoms with Gasteiger partial charge in [-0.3, -0.25) is 0 Å². The van der Waals surface area contributed by atoms with Crippen molar-refractivity contribution >= 4 is 5.71 Å². The molecule has 3 aliphatic carbocycles. The molecule has 0 unspecified atom stereocenters. The molecule has 3 aliphatic rings. The zero-order valence-corrected chi connectivity index (χ0v) is 8.41. The van der Waals surface area contributed by atoms with Gasteiger partial charge in [0.25, 0.3) is 0 Å². The molecule has 3 nitrogen and oxygen atoms in total. The third kappa shape index (κ3) is 0.909. The Morgan fingerprint density at radius 3 is 2.38 bits per heavy atom. The molecule has 13 heavy (non-hydrogen) atoms. The van der Waals surface area contributed by atoms with Crippen LogP contribution in [-0.2, 0) is 0 Å². The molecular weight excluding hydrogens is 166 g/mol. The topological polar surface area (TPSA) is 52.8 Å². The molecule has 3 heteroatoms. The molecule has 0 aliphatic heterocycles. The summed E-state index contributed by atoms with van der Waals surface area (Å²) in [4.78, 5) is 0. The lowest BCUT2D eigenvalue weighted by atomic mass is 9.44. The molecule has 0 heterocycles. The average molecular weight is 183 g/mol. The molecule has 0 spiro atoms. The third-order valence-corrected chi connectivity index (χ3v) is 4.29. The number of oxime groups is 1. The molecule has 74 valence electrons. The van der Waals surface area contributed by atoms with Gasteiger partial charge >= 0.3 is 0 Å². The molecule has 0 saturated heterocycles. The maximum atomic E-state index is 10.2. The summed E-state index contributed by atoms with van der Waals surface area (Å²) >= 11 is 0. The first-order valence-corrected chi connectivity index (χ1v) is 4.84. The molecule has 2 bridgehead atoms. The molecule has 0 aromatic rings. The maximum absolute atomic E-state index is 10.2. The van der Waals surface area contributed by atoms with Crippen LogP contribution in [0.4, 0.5) is 0 Å². The van der Waals surface area contributed by atoms with Crippen molar-refractivity contribution < 1.29 is 10.3 Å². The Morgan fingerprint density at radius 1 is 1.38 bits per heavy atom. The van der Waals surface area contributed by atoms with Crippen LogP contribution in [0, 0.1) is 17.3 Å². The Hall–Kier alpha value is -0.570. The summed E-state index contributed by atoms with van der Waals surface area (Å²) in [5.41, 5.74) is -0.127. The van der Waals surface area contributed by atoms with Crippen LogP contribution >= 0.6 is 0 Å². The van der Waals surface area contributed by atoms with Crippen LogP contribution in [0.3, 0.4) is 0 Å². The van der Waals surface area contributed by atoms with Gasteiger partial charge < -0.3 is 10.3 Å². The summed E-state index contributed by atoms with van der Waals surface area (Å²) in [6.07, 6.45) is 1.81. The van der Waals surface area contributed by atoms with Crippen LogP contribution in [0.25, 0.3) is 0 Å². The number of nitrogens with zero attached hydrogens (tertiary/aromatic N) is 1. The second-order valence-electron chi connectivity index (χ2n) is 5.20. The Bertz CT molecular complexity index is 268. The van der Waals surface area contributed by atoms with E-state index in [1.165, 1.54) is 0 Å². The van der Waals surface area contributed by atoms with E-state index < -0.39 is 5.60 Å². The highest BCUT2D eigenvalue weighted by atomic mass is 16.4. The minimum Gasteiger partial charge on any atom is -0.411 e. The zero-order valence-electron chi connectivity index (χ0n) is 8.41. The Morgan fingerprint density at radius 2 is 2.00 bits per heavy atom. The van der Waals surface area contributed by atoms with Crippen LogP contribution in [0.2, 0.25) is 0 Å². The van der Waals surface area contributed by atoms with Crippen LogP contribution in [-0.4, -0.2) is 21.6 Å². The van der Waals surface area contributed by atoms with Crippen LogP contribution < -0.4 is 0 Å². The van der Waals surface area contributed by atoms with Gasteiger partial charge in [0.2, 0.25) is 0 Å². The molecule has 0 aromatic carbocycles. The van der Waals surface area contributed by atoms with Crippen LogP contribution in [0.1, 0.15) is 33.6 Å². The minimum absolute atomic E-state index is 0.206. The first-order chi connectivity index (χ1) is 5.90. The highest BCUT2D eigenvalue weighted by Crippen LogP contribution is 2.61. The first-order valence-electron chi connectivity index (χ1n) is 4.84. The number of hydrogen-bond acceptors (Lipinski definition) is 3. The van der Waals surface area contributed by atoms with Crippen molar-refractivity contribution in [1.82, 2.24) is 0 Å². The van der Waals surface area contributed by atoms with Crippen molar-refractivity contribution in [3.63, 3.8) is 0 Å². The molecule has 3 rings (SSSR count). The lowest BCUT2D eigenvalue weighted by Crippen LogP contribution is -2.64. The molecule has 0 amide bonds. The number of rotatable bonds is 0. The quantitative estimate of drug-likeness (QED) is 0.443. The SMILES string of the molecule is CC1(C)[C@H]2CC(=NO)[C@@](C)(O)[C@H]1C2. The summed E-state index contributed by atoms with van der Waals surface area (Å²) < 4.78 is 0. The Balaban J connectivity index is 2.34. The van der Waals surface area contributed by atoms with Crippen molar-refractivity contribution in [2.24, 2.45) is 22.4 Å². The summed E-state index contributed by atoms with van der Waals surface area (Å²) in [6.45, 7) is 6.15. The number of fused-ring (bicyclic) bond motifs is 2. The average Bonchev–Trinajstić information content (AvgIpc) is 2.01. The highest BCUT2D eigenvalue weighted by Gasteiger charge is 2.61. The standard InChI is InChI=1S/C10H17NO2/c1-9(2)6-4-7(9)10(3,12)8(5-6)11-13/h6-7,12-13H,4-5H2,1-3H3/t6-,7+,10+/m1/s1. The summed E-state index contributed by atoms with van der Waals surface area (Å²) in [7, 11) is 0. The first kappa shape index (κ1) is 9.00. The third-order valence-electron chi connectivity index (χ3n) is 4.29. The van der Waals surface area contributed by atoms with E-state index in [2.05, 4.69) is 19.0 Å². The van der Waals surface area contributed by atoms with Gasteiger partial charge in [0.05, 0.1) is 5.71 Å². The van der Waals surface area contributed by atoms with E-state index in [0.29, 0.717) is 11.6 Å². The van der Waals surface area contributed by atoms with Crippen LogP contribution in [0.15, 0.2) is 5.16 Å². The molecule has 3 atom stereocenters. The number of aliphatic hydroxyl groups is 1. The van der Waals surface area contributed by atoms with Crippen molar-refractivity contribution in [2.45, 2.75) is 39.2 Å². The van der Waals surface area contributed by atoms with Gasteiger partial charge in [-0.05, 0) is 37.0 Å². The predicted octanol–water partition coefficient (Wildman–Crippen LogP) is 1.63. The molecule has 0 radical (unpaired) electrons. The van der Waals surface area contributed by atoms with Gasteiger partial charge in [-0.1, -0.05) is 19.0 Å². The fourth-order valence-corrected chi connectivity index (χ4v) is 3.10. The Labute approximate surface area is 78.4 Å². The van der Waals surface area contributed by atoms with Gasteiger partial charge in [-0.2, -0.15) is 0 Å². The molecular formula is C10H17NO2. The van der Waals surface area contributed by atoms with Crippen molar-refractivity contribution in [1.29, 1.82) is 0 Å². The lowest BCUT2D eigenvalue weighted by Gasteiger charge is -2.62. The van der Waals surface area contributed by atoms with Gasteiger partial charge in [-0.15, -0.1) is 0 Å². The smallest absolute Gasteiger partial charge is 0.106 e. The summed E-state index contributed by atoms with van der Waals surface area (Å²) in [6, 6.07) is 0. The molecule has 3 fully saturated rings. The zero-order chi connectivity index (χ0) is 9.85.